The molecule has 20 heavy (non-hydrogen) atoms. The molecule has 4 nitrogen and oxygen atoms in total. The first-order valence-corrected chi connectivity index (χ1v) is 7.69. The topological polar surface area (TPSA) is 53.9 Å². The highest BCUT2D eigenvalue weighted by molar-refractivity contribution is 7.91. The molecule has 0 saturated heterocycles. The molecule has 0 aliphatic carbocycles. The number of methoxy groups -OCH3 is 1. The number of benzene rings is 1. The summed E-state index contributed by atoms with van der Waals surface area (Å²) in [5.41, 5.74) is 0.480. The Balaban J connectivity index is 3.08. The second-order valence-electron chi connectivity index (χ2n) is 4.92. The van der Waals surface area contributed by atoms with Crippen molar-refractivity contribution in [3.63, 3.8) is 0 Å². The van der Waals surface area contributed by atoms with E-state index in [1.54, 1.807) is 12.1 Å². The Labute approximate surface area is 132 Å². The lowest BCUT2D eigenvalue weighted by Gasteiger charge is -2.18. The van der Waals surface area contributed by atoms with Gasteiger partial charge >= 0.3 is 0 Å². The number of rotatable bonds is 5. The summed E-state index contributed by atoms with van der Waals surface area (Å²) >= 11 is 10.7. The van der Waals surface area contributed by atoms with Gasteiger partial charge in [0.25, 0.3) is 0 Å². The van der Waals surface area contributed by atoms with E-state index >= 15 is 0 Å². The molecule has 0 N–H and O–H groups in total. The van der Waals surface area contributed by atoms with Crippen molar-refractivity contribution in [1.82, 2.24) is 0 Å². The molecule has 0 unspecified atom stereocenters. The molecule has 0 radical (unpaired) electrons. The molecule has 1 rings (SSSR count). The van der Waals surface area contributed by atoms with E-state index in [1.807, 2.05) is 20.8 Å². The molecule has 0 aliphatic rings. The van der Waals surface area contributed by atoms with Gasteiger partial charge in [-0.2, -0.15) is 0 Å². The zero-order valence-electron chi connectivity index (χ0n) is 11.8. The molecule has 0 amide bonds. The quantitative estimate of drug-likeness (QED) is 0.465. The zero-order chi connectivity index (χ0) is 15.3. The third-order valence-electron chi connectivity index (χ3n) is 2.23. The van der Waals surface area contributed by atoms with Gasteiger partial charge in [0.05, 0.1) is 21.8 Å². The maximum atomic E-state index is 11.9. The zero-order valence-corrected chi connectivity index (χ0v) is 14.1. The van der Waals surface area contributed by atoms with Crippen LogP contribution >= 0.6 is 23.2 Å². The summed E-state index contributed by atoms with van der Waals surface area (Å²) in [5.74, 6) is 0.468. The predicted octanol–water partition coefficient (Wildman–Crippen LogP) is 3.86. The Bertz CT molecular complexity index is 489. The highest BCUT2D eigenvalue weighted by Gasteiger charge is 2.26. The van der Waals surface area contributed by atoms with E-state index in [0.29, 0.717) is 21.4 Å². The van der Waals surface area contributed by atoms with Crippen LogP contribution in [0.2, 0.25) is 10.0 Å². The van der Waals surface area contributed by atoms with Crippen LogP contribution in [0.1, 0.15) is 26.3 Å². The van der Waals surface area contributed by atoms with Gasteiger partial charge in [0, 0.05) is 7.11 Å². The molecular weight excluding hydrogens is 321 g/mol. The Hall–Kier alpha value is -0.460. The van der Waals surface area contributed by atoms with Crippen molar-refractivity contribution in [2.24, 2.45) is 4.40 Å². The lowest BCUT2D eigenvalue weighted by atomic mass is 10.2. The van der Waals surface area contributed by atoms with E-state index in [4.69, 9.17) is 32.7 Å². The number of ether oxygens (including phenoxy) is 2. The van der Waals surface area contributed by atoms with E-state index in [1.165, 1.54) is 13.3 Å². The third-order valence-corrected chi connectivity index (χ3v) is 4.39. The van der Waals surface area contributed by atoms with Crippen LogP contribution in [-0.4, -0.2) is 29.4 Å². The van der Waals surface area contributed by atoms with Crippen LogP contribution in [-0.2, 0) is 16.1 Å². The molecule has 7 heteroatoms. The summed E-state index contributed by atoms with van der Waals surface area (Å²) < 4.78 is 25.7. The number of hydrogen-bond donors (Lipinski definition) is 0. The van der Waals surface area contributed by atoms with Crippen LogP contribution in [0.3, 0.4) is 0 Å². The number of nitrogens with zero attached hydrogens (tertiary/aromatic N) is 1. The SMILES string of the molecule is COCOc1ccc(Cl)c(Cl)c1C=N[S@@+]([O-])C(C)(C)C. The maximum Gasteiger partial charge on any atom is 0.188 e. The fraction of sp³-hybridized carbons (Fsp3) is 0.462. The van der Waals surface area contributed by atoms with Crippen LogP contribution in [0.4, 0.5) is 0 Å². The molecule has 112 valence electrons. The molecule has 0 aliphatic heterocycles. The lowest BCUT2D eigenvalue weighted by molar-refractivity contribution is 0.0510. The Morgan fingerprint density at radius 3 is 2.55 bits per heavy atom. The first-order chi connectivity index (χ1) is 9.27. The Morgan fingerprint density at radius 2 is 2.00 bits per heavy atom. The summed E-state index contributed by atoms with van der Waals surface area (Å²) in [5, 5.41) is 0.675. The van der Waals surface area contributed by atoms with Gasteiger partial charge in [0.2, 0.25) is 0 Å². The second kappa shape index (κ2) is 7.52. The van der Waals surface area contributed by atoms with Gasteiger partial charge in [-0.05, 0) is 32.9 Å². The minimum Gasteiger partial charge on any atom is -0.591 e. The van der Waals surface area contributed by atoms with Crippen molar-refractivity contribution in [2.75, 3.05) is 13.9 Å². The van der Waals surface area contributed by atoms with Gasteiger partial charge < -0.3 is 14.0 Å². The molecular formula is C13H17Cl2NO3S. The minimum atomic E-state index is -1.39. The van der Waals surface area contributed by atoms with Crippen LogP contribution in [0.15, 0.2) is 16.5 Å². The van der Waals surface area contributed by atoms with E-state index < -0.39 is 16.1 Å². The summed E-state index contributed by atoms with van der Waals surface area (Å²) in [6.07, 6.45) is 1.42. The van der Waals surface area contributed by atoms with Crippen LogP contribution < -0.4 is 4.74 Å². The van der Waals surface area contributed by atoms with Crippen LogP contribution in [0.5, 0.6) is 5.75 Å². The second-order valence-corrected chi connectivity index (χ2v) is 7.64. The van der Waals surface area contributed by atoms with E-state index in [0.717, 1.165) is 0 Å². The van der Waals surface area contributed by atoms with Crippen molar-refractivity contribution in [3.05, 3.63) is 27.7 Å². The summed E-state index contributed by atoms with van der Waals surface area (Å²) in [6, 6.07) is 3.28. The van der Waals surface area contributed by atoms with E-state index in [-0.39, 0.29) is 6.79 Å². The number of hydrogen-bond acceptors (Lipinski definition) is 4. The highest BCUT2D eigenvalue weighted by atomic mass is 35.5. The maximum absolute atomic E-state index is 11.9. The van der Waals surface area contributed by atoms with Crippen molar-refractivity contribution >= 4 is 40.8 Å². The summed E-state index contributed by atoms with van der Waals surface area (Å²) in [6.45, 7) is 5.58. The van der Waals surface area contributed by atoms with Gasteiger partial charge in [-0.15, -0.1) is 0 Å². The van der Waals surface area contributed by atoms with E-state index in [9.17, 15) is 4.55 Å². The molecule has 1 aromatic rings. The molecule has 0 spiro atoms. The van der Waals surface area contributed by atoms with Crippen molar-refractivity contribution in [3.8, 4) is 5.75 Å². The molecule has 0 saturated carbocycles. The third kappa shape index (κ3) is 4.82. The fourth-order valence-electron chi connectivity index (χ4n) is 1.18. The number of halogens is 2. The van der Waals surface area contributed by atoms with Gasteiger partial charge in [-0.1, -0.05) is 27.6 Å². The minimum absolute atomic E-state index is 0.0706. The molecule has 1 aromatic carbocycles. The monoisotopic (exact) mass is 337 g/mol. The average molecular weight is 338 g/mol. The van der Waals surface area contributed by atoms with E-state index in [2.05, 4.69) is 4.40 Å². The normalized spacial score (nSPS) is 13.8. The highest BCUT2D eigenvalue weighted by Crippen LogP contribution is 2.32. The van der Waals surface area contributed by atoms with Crippen molar-refractivity contribution < 1.29 is 14.0 Å². The first kappa shape index (κ1) is 17.6. The smallest absolute Gasteiger partial charge is 0.188 e. The van der Waals surface area contributed by atoms with Gasteiger partial charge in [-0.3, -0.25) is 0 Å². The van der Waals surface area contributed by atoms with Gasteiger partial charge in [0.1, 0.15) is 21.9 Å². The summed E-state index contributed by atoms with van der Waals surface area (Å²) in [4.78, 5) is 0. The first-order valence-electron chi connectivity index (χ1n) is 5.83. The molecule has 0 aromatic heterocycles. The summed E-state index contributed by atoms with van der Waals surface area (Å²) in [7, 11) is 1.51. The Morgan fingerprint density at radius 1 is 1.35 bits per heavy atom. The molecule has 0 fully saturated rings. The standard InChI is InChI=1S/C13H17Cl2NO3S/c1-13(2,3)20(17)16-7-9-11(19-8-18-4)6-5-10(14)12(9)15/h5-7H,8H2,1-4H3/t20-/m0/s1. The van der Waals surface area contributed by atoms with Crippen molar-refractivity contribution in [2.45, 2.75) is 25.5 Å². The Kier molecular flexibility index (Phi) is 6.61. The van der Waals surface area contributed by atoms with Crippen molar-refractivity contribution in [1.29, 1.82) is 0 Å². The lowest BCUT2D eigenvalue weighted by Crippen LogP contribution is -2.25. The largest absolute Gasteiger partial charge is 0.591 e. The molecule has 0 bridgehead atoms. The fourth-order valence-corrected chi connectivity index (χ4v) is 2.06. The van der Waals surface area contributed by atoms with Gasteiger partial charge in [-0.25, -0.2) is 0 Å². The van der Waals surface area contributed by atoms with Crippen LogP contribution in [0.25, 0.3) is 0 Å². The predicted molar refractivity (Wildman–Crippen MR) is 84.5 cm³/mol. The molecule has 1 atom stereocenters. The van der Waals surface area contributed by atoms with Gasteiger partial charge in [0.15, 0.2) is 6.79 Å². The van der Waals surface area contributed by atoms with Crippen LogP contribution in [0, 0.1) is 0 Å². The molecule has 0 heterocycles. The average Bonchev–Trinajstić information content (AvgIpc) is 2.37.